The van der Waals surface area contributed by atoms with Crippen molar-refractivity contribution in [2.75, 3.05) is 0 Å². The van der Waals surface area contributed by atoms with E-state index in [0.29, 0.717) is 0 Å². The molecular formula is C13H13IN6S. The Balaban J connectivity index is 1.87. The molecule has 0 spiro atoms. The number of halogens is 1. The highest BCUT2D eigenvalue weighted by molar-refractivity contribution is 14.1. The Morgan fingerprint density at radius 2 is 1.62 bits per heavy atom. The highest BCUT2D eigenvalue weighted by Crippen LogP contribution is 2.46. The number of aliphatic imine (C=N–C) groups is 4. The van der Waals surface area contributed by atoms with Gasteiger partial charge in [-0.3, -0.25) is 0 Å². The maximum absolute atomic E-state index is 4.61. The van der Waals surface area contributed by atoms with Gasteiger partial charge < -0.3 is 0 Å². The zero-order valence-electron chi connectivity index (χ0n) is 12.0. The monoisotopic (exact) mass is 412 g/mol. The second kappa shape index (κ2) is 4.35. The van der Waals surface area contributed by atoms with Gasteiger partial charge in [0.25, 0.3) is 0 Å². The molecule has 4 heterocycles. The molecule has 4 aliphatic heterocycles. The Hall–Kier alpha value is -1.29. The van der Waals surface area contributed by atoms with Crippen LogP contribution in [0.2, 0.25) is 0 Å². The van der Waals surface area contributed by atoms with Crippen molar-refractivity contribution in [2.45, 2.75) is 27.7 Å². The lowest BCUT2D eigenvalue weighted by atomic mass is 10.3. The Morgan fingerprint density at radius 3 is 2.33 bits per heavy atom. The number of allylic oxidation sites excluding steroid dienone is 4. The van der Waals surface area contributed by atoms with E-state index in [2.05, 4.69) is 71.1 Å². The van der Waals surface area contributed by atoms with Crippen molar-refractivity contribution in [3.8, 4) is 0 Å². The van der Waals surface area contributed by atoms with Gasteiger partial charge in [0.2, 0.25) is 17.0 Å². The Kier molecular flexibility index (Phi) is 2.77. The van der Waals surface area contributed by atoms with Crippen molar-refractivity contribution in [3.05, 3.63) is 21.0 Å². The molecule has 6 nitrogen and oxygen atoms in total. The quantitative estimate of drug-likeness (QED) is 0.454. The second-order valence-corrected chi connectivity index (χ2v) is 7.80. The molecule has 8 heteroatoms. The Morgan fingerprint density at radius 1 is 0.952 bits per heavy atom. The fraction of sp³-hybridized carbons (Fsp3) is 0.308. The van der Waals surface area contributed by atoms with Gasteiger partial charge in [-0.25, -0.2) is 18.6 Å². The fourth-order valence-corrected chi connectivity index (χ4v) is 5.07. The lowest BCUT2D eigenvalue weighted by Gasteiger charge is -2.33. The number of fused-ring (bicyclic) bond motifs is 4. The van der Waals surface area contributed by atoms with Gasteiger partial charge in [0.05, 0.1) is 20.1 Å². The predicted octanol–water partition coefficient (Wildman–Crippen LogP) is 3.04. The minimum absolute atomic E-state index is 0.381. The molecule has 0 saturated carbocycles. The summed E-state index contributed by atoms with van der Waals surface area (Å²) in [5, 5.41) is 0.799. The zero-order chi connectivity index (χ0) is 14.9. The minimum atomic E-state index is -0.381. The maximum atomic E-state index is 4.61. The average molecular weight is 412 g/mol. The summed E-state index contributed by atoms with van der Waals surface area (Å²) in [6, 6.07) is 0. The molecule has 4 aliphatic rings. The normalized spacial score (nSPS) is 26.8. The molecule has 0 radical (unpaired) electrons. The Bertz CT molecular complexity index is 811. The van der Waals surface area contributed by atoms with Crippen molar-refractivity contribution >= 4 is 61.9 Å². The molecule has 0 fully saturated rings. The van der Waals surface area contributed by atoms with Crippen LogP contribution in [0.5, 0.6) is 0 Å². The van der Waals surface area contributed by atoms with Gasteiger partial charge in [0, 0.05) is 17.1 Å². The first-order valence-electron chi connectivity index (χ1n) is 6.52. The topological polar surface area (TPSA) is 55.9 Å². The molecule has 21 heavy (non-hydrogen) atoms. The van der Waals surface area contributed by atoms with E-state index >= 15 is 0 Å². The maximum Gasteiger partial charge on any atom is 0.243 e. The van der Waals surface area contributed by atoms with Crippen LogP contribution in [0, 0.1) is 0 Å². The van der Waals surface area contributed by atoms with Crippen molar-refractivity contribution in [2.24, 2.45) is 20.0 Å². The van der Waals surface area contributed by atoms with Gasteiger partial charge in [0.1, 0.15) is 0 Å². The minimum Gasteiger partial charge on any atom is -0.242 e. The molecule has 0 aromatic rings. The molecule has 0 aliphatic carbocycles. The summed E-state index contributed by atoms with van der Waals surface area (Å²) in [6.45, 7) is 8.20. The number of nitrogens with zero attached hydrogens (tertiary/aromatic N) is 6. The van der Waals surface area contributed by atoms with Gasteiger partial charge >= 0.3 is 0 Å². The van der Waals surface area contributed by atoms with E-state index in [9.17, 15) is 0 Å². The summed E-state index contributed by atoms with van der Waals surface area (Å²) < 4.78 is 5.50. The van der Waals surface area contributed by atoms with Crippen LogP contribution in [0.1, 0.15) is 27.7 Å². The summed E-state index contributed by atoms with van der Waals surface area (Å²) in [5.74, 6) is 1.48. The van der Waals surface area contributed by atoms with Crippen LogP contribution in [0.3, 0.4) is 0 Å². The third-order valence-electron chi connectivity index (χ3n) is 3.49. The zero-order valence-corrected chi connectivity index (χ0v) is 15.0. The SMILES string of the molecule is CC1=CC(C)=NC2=NC3=S(N12)N1C(=N3)N=C(C)C(I)=C1C. The molecule has 1 unspecified atom stereocenters. The molecule has 4 rings (SSSR count). The molecule has 108 valence electrons. The molecule has 0 aromatic carbocycles. The molecular weight excluding hydrogens is 399 g/mol. The van der Waals surface area contributed by atoms with E-state index in [0.717, 1.165) is 34.2 Å². The van der Waals surface area contributed by atoms with Crippen molar-refractivity contribution in [1.29, 1.82) is 0 Å². The van der Waals surface area contributed by atoms with Crippen LogP contribution in [-0.4, -0.2) is 37.1 Å². The smallest absolute Gasteiger partial charge is 0.242 e. The van der Waals surface area contributed by atoms with E-state index in [4.69, 9.17) is 0 Å². The number of hydrogen-bond acceptors (Lipinski definition) is 6. The summed E-state index contributed by atoms with van der Waals surface area (Å²) >= 11 is 2.34. The van der Waals surface area contributed by atoms with E-state index < -0.39 is 0 Å². The Labute approximate surface area is 139 Å². The van der Waals surface area contributed by atoms with Gasteiger partial charge in [-0.15, -0.1) is 0 Å². The third kappa shape index (κ3) is 1.75. The molecule has 0 aromatic heterocycles. The fourth-order valence-electron chi connectivity index (χ4n) is 2.58. The van der Waals surface area contributed by atoms with Crippen molar-refractivity contribution in [1.82, 2.24) is 8.61 Å². The van der Waals surface area contributed by atoms with Gasteiger partial charge in [-0.05, 0) is 56.4 Å². The average Bonchev–Trinajstić information content (AvgIpc) is 2.90. The van der Waals surface area contributed by atoms with E-state index in [1.54, 1.807) is 0 Å². The van der Waals surface area contributed by atoms with Crippen LogP contribution >= 0.6 is 33.4 Å². The molecule has 1 atom stereocenters. The van der Waals surface area contributed by atoms with Crippen LogP contribution in [-0.2, 0) is 0 Å². The van der Waals surface area contributed by atoms with Crippen LogP contribution < -0.4 is 0 Å². The number of rotatable bonds is 0. The van der Waals surface area contributed by atoms with Crippen molar-refractivity contribution < 1.29 is 0 Å². The summed E-state index contributed by atoms with van der Waals surface area (Å²) in [4.78, 5) is 18.3. The predicted molar refractivity (Wildman–Crippen MR) is 97.8 cm³/mol. The highest BCUT2D eigenvalue weighted by atomic mass is 127. The third-order valence-corrected chi connectivity index (χ3v) is 7.14. The molecule has 0 N–H and O–H groups in total. The van der Waals surface area contributed by atoms with Crippen molar-refractivity contribution in [3.63, 3.8) is 0 Å². The van der Waals surface area contributed by atoms with Crippen LogP contribution in [0.25, 0.3) is 0 Å². The second-order valence-electron chi connectivity index (χ2n) is 5.09. The summed E-state index contributed by atoms with van der Waals surface area (Å²) in [5.41, 5.74) is 4.31. The van der Waals surface area contributed by atoms with Gasteiger partial charge in [0.15, 0.2) is 0 Å². The van der Waals surface area contributed by atoms with Crippen LogP contribution in [0.4, 0.5) is 0 Å². The lowest BCUT2D eigenvalue weighted by molar-refractivity contribution is 0.738. The van der Waals surface area contributed by atoms with E-state index in [1.165, 1.54) is 9.28 Å². The standard InChI is InChI=1S/C13H13IN6S/c1-6-5-7(2)19-11(15-6)17-13-18-12-16-8(3)10(14)9(4)20(12)21(13)19/h5H,1-4H3. The van der Waals surface area contributed by atoms with Gasteiger partial charge in [-0.2, -0.15) is 9.98 Å². The summed E-state index contributed by atoms with van der Waals surface area (Å²) in [7, 11) is -0.381. The first-order chi connectivity index (χ1) is 9.97. The highest BCUT2D eigenvalue weighted by Gasteiger charge is 2.41. The number of guanidine groups is 2. The van der Waals surface area contributed by atoms with E-state index in [-0.39, 0.29) is 10.9 Å². The molecule has 0 amide bonds. The first-order valence-corrected chi connectivity index (χ1v) is 8.74. The van der Waals surface area contributed by atoms with Crippen LogP contribution in [0.15, 0.2) is 41.0 Å². The first kappa shape index (κ1) is 13.4. The largest absolute Gasteiger partial charge is 0.243 e. The van der Waals surface area contributed by atoms with Gasteiger partial charge in [-0.1, -0.05) is 0 Å². The lowest BCUT2D eigenvalue weighted by Crippen LogP contribution is -2.34. The molecule has 0 saturated heterocycles. The number of hydrogen-bond donors (Lipinski definition) is 0. The van der Waals surface area contributed by atoms with E-state index in [1.807, 2.05) is 13.8 Å². The molecule has 0 bridgehead atoms. The summed E-state index contributed by atoms with van der Waals surface area (Å²) in [6.07, 6.45) is 2.08.